The molecule has 2 heterocycles. The van der Waals surface area contributed by atoms with E-state index < -0.39 is 11.7 Å². The van der Waals surface area contributed by atoms with Crippen molar-refractivity contribution in [3.63, 3.8) is 0 Å². The van der Waals surface area contributed by atoms with Gasteiger partial charge in [0, 0.05) is 22.9 Å². The SMILES string of the molecule is COc1ncc(Nc2nc(NC3CCCCC3N)c(F)cc2C(N)=O)c2ccccc12. The molecule has 0 radical (unpaired) electrons. The molecule has 8 nitrogen and oxygen atoms in total. The number of hydrogen-bond acceptors (Lipinski definition) is 7. The number of rotatable bonds is 6. The molecular formula is C22H25FN6O2. The molecule has 9 heteroatoms. The fourth-order valence-electron chi connectivity index (χ4n) is 3.94. The van der Waals surface area contributed by atoms with Crippen LogP contribution < -0.4 is 26.8 Å². The molecule has 1 aliphatic carbocycles. The molecular weight excluding hydrogens is 399 g/mol. The van der Waals surface area contributed by atoms with E-state index in [4.69, 9.17) is 16.2 Å². The van der Waals surface area contributed by atoms with Crippen LogP contribution in [0.1, 0.15) is 36.0 Å². The van der Waals surface area contributed by atoms with Crippen molar-refractivity contribution in [2.45, 2.75) is 37.8 Å². The Bertz CT molecular complexity index is 1120. The standard InChI is InChI=1S/C22H25FN6O2/c1-31-22-13-7-3-2-6-12(13)18(11-26-22)28-20-14(19(25)30)10-15(23)21(29-20)27-17-9-5-4-8-16(17)24/h2-3,6-7,10-11,16-17H,4-5,8-9,24H2,1H3,(H2,25,30)(H2,27,28,29). The van der Waals surface area contributed by atoms with Crippen molar-refractivity contribution in [1.29, 1.82) is 0 Å². The van der Waals surface area contributed by atoms with Gasteiger partial charge in [-0.25, -0.2) is 14.4 Å². The van der Waals surface area contributed by atoms with Crippen LogP contribution in [0.15, 0.2) is 36.5 Å². The molecule has 6 N–H and O–H groups in total. The number of benzene rings is 1. The molecule has 2 atom stereocenters. The van der Waals surface area contributed by atoms with Gasteiger partial charge in [-0.05, 0) is 25.0 Å². The van der Waals surface area contributed by atoms with E-state index in [0.29, 0.717) is 11.6 Å². The largest absolute Gasteiger partial charge is 0.481 e. The summed E-state index contributed by atoms with van der Waals surface area (Å²) in [6, 6.07) is 8.41. The third-order valence-corrected chi connectivity index (χ3v) is 5.59. The van der Waals surface area contributed by atoms with Crippen molar-refractivity contribution in [2.24, 2.45) is 11.5 Å². The second-order valence-corrected chi connectivity index (χ2v) is 7.63. The highest BCUT2D eigenvalue weighted by molar-refractivity contribution is 6.02. The Balaban J connectivity index is 1.74. The summed E-state index contributed by atoms with van der Waals surface area (Å²) in [5, 5.41) is 7.79. The van der Waals surface area contributed by atoms with E-state index in [2.05, 4.69) is 20.6 Å². The molecule has 0 saturated heterocycles. The van der Waals surface area contributed by atoms with Crippen LogP contribution in [0.5, 0.6) is 5.88 Å². The van der Waals surface area contributed by atoms with Crippen LogP contribution >= 0.6 is 0 Å². The topological polar surface area (TPSA) is 128 Å². The maximum absolute atomic E-state index is 14.7. The van der Waals surface area contributed by atoms with Gasteiger partial charge in [-0.1, -0.05) is 31.0 Å². The number of nitrogens with zero attached hydrogens (tertiary/aromatic N) is 2. The minimum absolute atomic E-state index is 0.0284. The molecule has 3 aromatic rings. The van der Waals surface area contributed by atoms with E-state index in [9.17, 15) is 9.18 Å². The van der Waals surface area contributed by atoms with Crippen LogP contribution in [-0.4, -0.2) is 35.1 Å². The zero-order chi connectivity index (χ0) is 22.0. The number of anilines is 3. The smallest absolute Gasteiger partial charge is 0.252 e. The first-order valence-corrected chi connectivity index (χ1v) is 10.2. The van der Waals surface area contributed by atoms with Crippen molar-refractivity contribution in [1.82, 2.24) is 9.97 Å². The predicted molar refractivity (Wildman–Crippen MR) is 118 cm³/mol. The van der Waals surface area contributed by atoms with Gasteiger partial charge >= 0.3 is 0 Å². The van der Waals surface area contributed by atoms with Crippen LogP contribution in [0.25, 0.3) is 10.8 Å². The van der Waals surface area contributed by atoms with Gasteiger partial charge in [-0.2, -0.15) is 0 Å². The number of nitrogens with two attached hydrogens (primary N) is 2. The zero-order valence-electron chi connectivity index (χ0n) is 17.2. The lowest BCUT2D eigenvalue weighted by atomic mass is 9.91. The van der Waals surface area contributed by atoms with Gasteiger partial charge in [0.05, 0.1) is 24.6 Å². The van der Waals surface area contributed by atoms with Crippen LogP contribution in [0.4, 0.5) is 21.7 Å². The Morgan fingerprint density at radius 3 is 2.65 bits per heavy atom. The lowest BCUT2D eigenvalue weighted by molar-refractivity contribution is 0.100. The Morgan fingerprint density at radius 1 is 1.19 bits per heavy atom. The van der Waals surface area contributed by atoms with E-state index in [-0.39, 0.29) is 29.3 Å². The van der Waals surface area contributed by atoms with Crippen molar-refractivity contribution < 1.29 is 13.9 Å². The summed E-state index contributed by atoms with van der Waals surface area (Å²) in [5.41, 5.74) is 12.2. The molecule has 4 rings (SSSR count). The minimum atomic E-state index is -0.791. The first kappa shape index (κ1) is 20.8. The number of fused-ring (bicyclic) bond motifs is 1. The molecule has 1 aliphatic rings. The number of pyridine rings is 2. The van der Waals surface area contributed by atoms with Crippen LogP contribution in [0.3, 0.4) is 0 Å². The summed E-state index contributed by atoms with van der Waals surface area (Å²) in [7, 11) is 1.54. The summed E-state index contributed by atoms with van der Waals surface area (Å²) < 4.78 is 20.1. The van der Waals surface area contributed by atoms with Gasteiger partial charge in [0.25, 0.3) is 5.91 Å². The summed E-state index contributed by atoms with van der Waals surface area (Å²) in [6.45, 7) is 0. The Kier molecular flexibility index (Phi) is 5.85. The zero-order valence-corrected chi connectivity index (χ0v) is 17.2. The number of methoxy groups -OCH3 is 1. The van der Waals surface area contributed by atoms with E-state index in [0.717, 1.165) is 42.5 Å². The fourth-order valence-corrected chi connectivity index (χ4v) is 3.94. The number of carbonyl (C=O) groups excluding carboxylic acids is 1. The van der Waals surface area contributed by atoms with Crippen LogP contribution in [0.2, 0.25) is 0 Å². The van der Waals surface area contributed by atoms with Gasteiger partial charge in [0.1, 0.15) is 5.82 Å². The van der Waals surface area contributed by atoms with E-state index in [1.54, 1.807) is 13.3 Å². The van der Waals surface area contributed by atoms with Crippen molar-refractivity contribution in [3.05, 3.63) is 47.9 Å². The van der Waals surface area contributed by atoms with Gasteiger partial charge in [-0.15, -0.1) is 0 Å². The van der Waals surface area contributed by atoms with Crippen LogP contribution in [0, 0.1) is 5.82 Å². The summed E-state index contributed by atoms with van der Waals surface area (Å²) >= 11 is 0. The molecule has 31 heavy (non-hydrogen) atoms. The molecule has 1 fully saturated rings. The van der Waals surface area contributed by atoms with Gasteiger partial charge in [0.2, 0.25) is 5.88 Å². The number of aromatic nitrogens is 2. The lowest BCUT2D eigenvalue weighted by Crippen LogP contribution is -2.43. The molecule has 1 amide bonds. The first-order valence-electron chi connectivity index (χ1n) is 10.2. The molecule has 2 aromatic heterocycles. The summed E-state index contributed by atoms with van der Waals surface area (Å²) in [5.74, 6) is -0.814. The summed E-state index contributed by atoms with van der Waals surface area (Å²) in [6.07, 6.45) is 5.34. The number of hydrogen-bond donors (Lipinski definition) is 4. The maximum Gasteiger partial charge on any atom is 0.252 e. The molecule has 1 aromatic carbocycles. The average Bonchev–Trinajstić information content (AvgIpc) is 2.77. The van der Waals surface area contributed by atoms with E-state index in [1.807, 2.05) is 24.3 Å². The molecule has 0 spiro atoms. The third-order valence-electron chi connectivity index (χ3n) is 5.59. The fraction of sp³-hybridized carbons (Fsp3) is 0.318. The van der Waals surface area contributed by atoms with Crippen molar-refractivity contribution in [3.8, 4) is 5.88 Å². The van der Waals surface area contributed by atoms with Gasteiger partial charge < -0.3 is 26.8 Å². The number of ether oxygens (including phenoxy) is 1. The number of halogens is 1. The highest BCUT2D eigenvalue weighted by atomic mass is 19.1. The third kappa shape index (κ3) is 4.22. The Labute approximate surface area is 179 Å². The minimum Gasteiger partial charge on any atom is -0.481 e. The highest BCUT2D eigenvalue weighted by Gasteiger charge is 2.24. The molecule has 0 aliphatic heterocycles. The number of amides is 1. The lowest BCUT2D eigenvalue weighted by Gasteiger charge is -2.30. The number of primary amides is 1. The second kappa shape index (κ2) is 8.73. The predicted octanol–water partition coefficient (Wildman–Crippen LogP) is 3.30. The van der Waals surface area contributed by atoms with E-state index in [1.165, 1.54) is 0 Å². The molecule has 162 valence electrons. The molecule has 0 bridgehead atoms. The van der Waals surface area contributed by atoms with Gasteiger partial charge in [0.15, 0.2) is 11.6 Å². The Morgan fingerprint density at radius 2 is 1.94 bits per heavy atom. The number of nitrogens with one attached hydrogen (secondary N) is 2. The second-order valence-electron chi connectivity index (χ2n) is 7.63. The van der Waals surface area contributed by atoms with Crippen LogP contribution in [-0.2, 0) is 0 Å². The van der Waals surface area contributed by atoms with E-state index >= 15 is 0 Å². The molecule has 1 saturated carbocycles. The van der Waals surface area contributed by atoms with Gasteiger partial charge in [-0.3, -0.25) is 4.79 Å². The average molecular weight is 424 g/mol. The number of carbonyl (C=O) groups is 1. The Hall–Kier alpha value is -3.46. The quantitative estimate of drug-likeness (QED) is 0.478. The maximum atomic E-state index is 14.7. The first-order chi connectivity index (χ1) is 15.0. The normalized spacial score (nSPS) is 18.5. The monoisotopic (exact) mass is 424 g/mol. The molecule has 2 unspecified atom stereocenters. The van der Waals surface area contributed by atoms with Crippen molar-refractivity contribution in [2.75, 3.05) is 17.7 Å². The highest BCUT2D eigenvalue weighted by Crippen LogP contribution is 2.32. The van der Waals surface area contributed by atoms with Crippen molar-refractivity contribution >= 4 is 34.0 Å². The summed E-state index contributed by atoms with van der Waals surface area (Å²) in [4.78, 5) is 20.6.